The van der Waals surface area contributed by atoms with Crippen LogP contribution in [0.5, 0.6) is 0 Å². The van der Waals surface area contributed by atoms with E-state index in [1.54, 1.807) is 11.3 Å². The van der Waals surface area contributed by atoms with Crippen molar-refractivity contribution in [1.82, 2.24) is 4.98 Å². The van der Waals surface area contributed by atoms with Crippen LogP contribution in [0, 0.1) is 0 Å². The third kappa shape index (κ3) is 2.90. The SMILES string of the molecule is ClCC(CCl)(Cc1nccs1)c1ccccc1Br. The molecule has 96 valence electrons. The fourth-order valence-electron chi connectivity index (χ4n) is 1.89. The summed E-state index contributed by atoms with van der Waals surface area (Å²) in [4.78, 5) is 4.34. The third-order valence-corrected chi connectivity index (χ3v) is 5.42. The van der Waals surface area contributed by atoms with Gasteiger partial charge in [-0.2, -0.15) is 0 Å². The molecule has 0 saturated carbocycles. The van der Waals surface area contributed by atoms with Crippen LogP contribution in [0.1, 0.15) is 10.6 Å². The van der Waals surface area contributed by atoms with Crippen LogP contribution < -0.4 is 0 Å². The second-order valence-corrected chi connectivity index (χ2v) is 6.50. The van der Waals surface area contributed by atoms with Crippen LogP contribution in [0.25, 0.3) is 0 Å². The van der Waals surface area contributed by atoms with E-state index in [1.807, 2.05) is 29.8 Å². The summed E-state index contributed by atoms with van der Waals surface area (Å²) in [6.07, 6.45) is 2.58. The predicted molar refractivity (Wildman–Crippen MR) is 83.1 cm³/mol. The molecule has 0 aliphatic rings. The monoisotopic (exact) mass is 363 g/mol. The molecule has 1 aromatic carbocycles. The Morgan fingerprint density at radius 2 is 1.94 bits per heavy atom. The number of benzene rings is 1. The first kappa shape index (κ1) is 14.3. The van der Waals surface area contributed by atoms with E-state index >= 15 is 0 Å². The quantitative estimate of drug-likeness (QED) is 0.690. The topological polar surface area (TPSA) is 12.9 Å². The molecule has 0 N–H and O–H groups in total. The van der Waals surface area contributed by atoms with Gasteiger partial charge in [-0.1, -0.05) is 34.1 Å². The van der Waals surface area contributed by atoms with Crippen LogP contribution in [-0.4, -0.2) is 16.7 Å². The fourth-order valence-corrected chi connectivity index (χ4v) is 4.12. The highest BCUT2D eigenvalue weighted by Crippen LogP contribution is 2.36. The summed E-state index contributed by atoms with van der Waals surface area (Å²) in [5.41, 5.74) is 0.867. The summed E-state index contributed by atoms with van der Waals surface area (Å²) >= 11 is 17.7. The van der Waals surface area contributed by atoms with Crippen molar-refractivity contribution in [3.8, 4) is 0 Å². The minimum atomic E-state index is -0.277. The Hall–Kier alpha value is -0.0900. The van der Waals surface area contributed by atoms with Gasteiger partial charge in [0.05, 0.1) is 5.01 Å². The molecular weight excluding hydrogens is 353 g/mol. The molecule has 18 heavy (non-hydrogen) atoms. The average molecular weight is 365 g/mol. The number of thiazole rings is 1. The van der Waals surface area contributed by atoms with Crippen molar-refractivity contribution >= 4 is 50.5 Å². The van der Waals surface area contributed by atoms with Crippen LogP contribution in [0.2, 0.25) is 0 Å². The fraction of sp³-hybridized carbons (Fsp3) is 0.308. The van der Waals surface area contributed by atoms with E-state index in [9.17, 15) is 0 Å². The van der Waals surface area contributed by atoms with Gasteiger partial charge in [-0.3, -0.25) is 0 Å². The lowest BCUT2D eigenvalue weighted by atomic mass is 9.81. The van der Waals surface area contributed by atoms with Gasteiger partial charge in [0.2, 0.25) is 0 Å². The standard InChI is InChI=1S/C13H12BrCl2NS/c14-11-4-2-1-3-10(11)13(8-15,9-16)7-12-17-5-6-18-12/h1-6H,7-9H2. The van der Waals surface area contributed by atoms with E-state index in [0.29, 0.717) is 11.8 Å². The van der Waals surface area contributed by atoms with E-state index in [2.05, 4.69) is 27.0 Å². The Morgan fingerprint density at radius 1 is 1.22 bits per heavy atom. The molecule has 2 aromatic rings. The molecule has 0 aliphatic carbocycles. The minimum absolute atomic E-state index is 0.277. The zero-order chi connectivity index (χ0) is 13.0. The predicted octanol–water partition coefficient (Wildman–Crippen LogP) is 4.86. The summed E-state index contributed by atoms with van der Waals surface area (Å²) in [5, 5.41) is 3.04. The van der Waals surface area contributed by atoms with Crippen molar-refractivity contribution in [1.29, 1.82) is 0 Å². The summed E-state index contributed by atoms with van der Waals surface area (Å²) < 4.78 is 1.04. The number of halogens is 3. The first-order valence-corrected chi connectivity index (χ1v) is 8.21. The molecule has 0 bridgehead atoms. The van der Waals surface area contributed by atoms with Crippen molar-refractivity contribution in [2.45, 2.75) is 11.8 Å². The van der Waals surface area contributed by atoms with E-state index in [4.69, 9.17) is 23.2 Å². The molecule has 0 unspecified atom stereocenters. The Kier molecular flexibility index (Phi) is 5.07. The summed E-state index contributed by atoms with van der Waals surface area (Å²) in [5.74, 6) is 0.942. The van der Waals surface area contributed by atoms with Gasteiger partial charge >= 0.3 is 0 Å². The van der Waals surface area contributed by atoms with Gasteiger partial charge in [0, 0.05) is 39.6 Å². The van der Waals surface area contributed by atoms with Gasteiger partial charge < -0.3 is 0 Å². The van der Waals surface area contributed by atoms with Crippen molar-refractivity contribution < 1.29 is 0 Å². The van der Waals surface area contributed by atoms with E-state index < -0.39 is 0 Å². The number of nitrogens with zero attached hydrogens (tertiary/aromatic N) is 1. The maximum atomic E-state index is 6.22. The van der Waals surface area contributed by atoms with Crippen molar-refractivity contribution in [2.24, 2.45) is 0 Å². The Labute approximate surface area is 129 Å². The molecule has 5 heteroatoms. The number of hydrogen-bond donors (Lipinski definition) is 0. The van der Waals surface area contributed by atoms with Crippen LogP contribution >= 0.6 is 50.5 Å². The first-order chi connectivity index (χ1) is 8.72. The Morgan fingerprint density at radius 3 is 2.50 bits per heavy atom. The largest absolute Gasteiger partial charge is 0.250 e. The van der Waals surface area contributed by atoms with Gasteiger partial charge in [-0.25, -0.2) is 4.98 Å². The van der Waals surface area contributed by atoms with Gasteiger partial charge in [0.25, 0.3) is 0 Å². The molecule has 0 aliphatic heterocycles. The second kappa shape index (κ2) is 6.38. The van der Waals surface area contributed by atoms with Crippen LogP contribution in [0.3, 0.4) is 0 Å². The van der Waals surface area contributed by atoms with Gasteiger partial charge in [-0.15, -0.1) is 34.5 Å². The maximum Gasteiger partial charge on any atom is 0.0934 e. The Balaban J connectivity index is 2.40. The zero-order valence-corrected chi connectivity index (χ0v) is 13.5. The Bertz CT molecular complexity index is 497. The molecule has 0 atom stereocenters. The number of hydrogen-bond acceptors (Lipinski definition) is 2. The van der Waals surface area contributed by atoms with E-state index in [1.165, 1.54) is 0 Å². The van der Waals surface area contributed by atoms with E-state index in [0.717, 1.165) is 21.5 Å². The molecule has 0 radical (unpaired) electrons. The maximum absolute atomic E-state index is 6.22. The lowest BCUT2D eigenvalue weighted by Gasteiger charge is -2.30. The molecule has 1 nitrogen and oxygen atoms in total. The van der Waals surface area contributed by atoms with E-state index in [-0.39, 0.29) is 5.41 Å². The lowest BCUT2D eigenvalue weighted by Crippen LogP contribution is -2.33. The van der Waals surface area contributed by atoms with Crippen LogP contribution in [0.4, 0.5) is 0 Å². The zero-order valence-electron chi connectivity index (χ0n) is 9.57. The average Bonchev–Trinajstić information content (AvgIpc) is 2.90. The summed E-state index contributed by atoms with van der Waals surface area (Å²) in [6.45, 7) is 0. The molecule has 1 aromatic heterocycles. The summed E-state index contributed by atoms with van der Waals surface area (Å²) in [6, 6.07) is 8.09. The number of alkyl halides is 2. The molecule has 1 heterocycles. The van der Waals surface area contributed by atoms with Crippen molar-refractivity contribution in [3.05, 3.63) is 50.9 Å². The smallest absolute Gasteiger partial charge is 0.0934 e. The number of aromatic nitrogens is 1. The normalized spacial score (nSPS) is 11.7. The van der Waals surface area contributed by atoms with Gasteiger partial charge in [0.15, 0.2) is 0 Å². The first-order valence-electron chi connectivity index (χ1n) is 5.47. The molecular formula is C13H12BrCl2NS. The van der Waals surface area contributed by atoms with Crippen molar-refractivity contribution in [2.75, 3.05) is 11.8 Å². The minimum Gasteiger partial charge on any atom is -0.250 e. The molecule has 0 fully saturated rings. The molecule has 0 amide bonds. The van der Waals surface area contributed by atoms with Crippen LogP contribution in [-0.2, 0) is 11.8 Å². The van der Waals surface area contributed by atoms with Gasteiger partial charge in [0.1, 0.15) is 0 Å². The highest BCUT2D eigenvalue weighted by atomic mass is 79.9. The molecule has 0 saturated heterocycles. The highest BCUT2D eigenvalue weighted by molar-refractivity contribution is 9.10. The molecule has 0 spiro atoms. The van der Waals surface area contributed by atoms with Crippen LogP contribution in [0.15, 0.2) is 40.3 Å². The highest BCUT2D eigenvalue weighted by Gasteiger charge is 2.33. The number of rotatable bonds is 5. The third-order valence-electron chi connectivity index (χ3n) is 2.93. The summed E-state index contributed by atoms with van der Waals surface area (Å²) in [7, 11) is 0. The lowest BCUT2D eigenvalue weighted by molar-refractivity contribution is 0.532. The van der Waals surface area contributed by atoms with Gasteiger partial charge in [-0.05, 0) is 11.6 Å². The second-order valence-electron chi connectivity index (χ2n) is 4.13. The van der Waals surface area contributed by atoms with Crippen molar-refractivity contribution in [3.63, 3.8) is 0 Å². The molecule has 2 rings (SSSR count).